The lowest BCUT2D eigenvalue weighted by Crippen LogP contribution is -2.29. The van der Waals surface area contributed by atoms with Gasteiger partial charge in [-0.1, -0.05) is 143 Å². The minimum Gasteiger partial charge on any atom is -0.508 e. The highest BCUT2D eigenvalue weighted by molar-refractivity contribution is 9.10. The summed E-state index contributed by atoms with van der Waals surface area (Å²) >= 11 is 13.2. The second kappa shape index (κ2) is 42.5. The lowest BCUT2D eigenvalue weighted by atomic mass is 10.2. The fraction of sp³-hybridized carbons (Fsp3) is 0.198. The van der Waals surface area contributed by atoms with Crippen LogP contribution in [0.25, 0.3) is 0 Å². The van der Waals surface area contributed by atoms with Crippen molar-refractivity contribution < 1.29 is 66.6 Å². The van der Waals surface area contributed by atoms with Crippen molar-refractivity contribution in [2.24, 2.45) is 0 Å². The van der Waals surface area contributed by atoms with E-state index in [0.29, 0.717) is 28.7 Å². The van der Waals surface area contributed by atoms with Crippen molar-refractivity contribution >= 4 is 137 Å². The van der Waals surface area contributed by atoms with Gasteiger partial charge in [0.2, 0.25) is 0 Å². The molecular formula is C96H93Br4FO13S4+4. The maximum atomic E-state index is 13.8. The molecule has 610 valence electrons. The SMILES string of the molecule is CC(Br)C(=O)Oc1ccc([S+](c2ccccc2)c2cccc(F)c2)cc1.CC(C)(Br)C(=O)Oc1ccc([S+](c2ccccc2)c2ccc(O)cc2)cc1.CC(C)(C)OC(=O)Oc1ccc([S+](c2ccccc2)c2ccc(OC(=O)C(C)(C)Br)cc2)cc1.CC(C)(C)Oc1ccc([S+](c2ccccc2)c2ccc(OC(=O)C(C)(C)Br)cc2)cc1. The fourth-order valence-corrected chi connectivity index (χ4v) is 19.1. The van der Waals surface area contributed by atoms with Crippen molar-refractivity contribution in [3.8, 4) is 40.2 Å². The highest BCUT2D eigenvalue weighted by Gasteiger charge is 2.36. The van der Waals surface area contributed by atoms with Crippen LogP contribution in [0.1, 0.15) is 90.0 Å². The van der Waals surface area contributed by atoms with Gasteiger partial charge in [0.25, 0.3) is 0 Å². The zero-order chi connectivity index (χ0) is 85.5. The molecule has 5 unspecified atom stereocenters. The topological polar surface area (TPSA) is 170 Å². The molecule has 0 amide bonds. The Balaban J connectivity index is 0.000000180. The van der Waals surface area contributed by atoms with E-state index in [0.717, 1.165) is 49.8 Å². The summed E-state index contributed by atoms with van der Waals surface area (Å²) in [5, 5.41) is 9.62. The van der Waals surface area contributed by atoms with Crippen LogP contribution in [0.15, 0.2) is 374 Å². The van der Waals surface area contributed by atoms with Crippen LogP contribution in [0, 0.1) is 5.82 Å². The maximum absolute atomic E-state index is 13.8. The van der Waals surface area contributed by atoms with Crippen molar-refractivity contribution in [2.75, 3.05) is 0 Å². The third-order valence-electron chi connectivity index (χ3n) is 16.0. The number of carbonyl (C=O) groups is 5. The van der Waals surface area contributed by atoms with Gasteiger partial charge in [-0.2, -0.15) is 0 Å². The second-order valence-corrected chi connectivity index (χ2v) is 45.1. The molecule has 0 aliphatic rings. The molecule has 1 N–H and O–H groups in total. The van der Waals surface area contributed by atoms with Crippen LogP contribution in [0.5, 0.6) is 40.2 Å². The molecule has 0 heterocycles. The van der Waals surface area contributed by atoms with Gasteiger partial charge in [0.05, 0.1) is 43.6 Å². The molecule has 0 aliphatic carbocycles. The number of ether oxygens (including phenoxy) is 7. The van der Waals surface area contributed by atoms with Crippen LogP contribution in [0.2, 0.25) is 0 Å². The summed E-state index contributed by atoms with van der Waals surface area (Å²) in [6, 6.07) is 101. The number of benzene rings is 12. The molecule has 118 heavy (non-hydrogen) atoms. The van der Waals surface area contributed by atoms with E-state index in [-0.39, 0.29) is 67.7 Å². The zero-order valence-corrected chi connectivity index (χ0v) is 77.1. The molecule has 12 aromatic carbocycles. The predicted octanol–water partition coefficient (Wildman–Crippen LogP) is 25.4. The fourth-order valence-electron chi connectivity index (χ4n) is 10.5. The molecule has 12 rings (SSSR count). The van der Waals surface area contributed by atoms with E-state index in [1.165, 1.54) is 20.8 Å². The molecule has 0 spiro atoms. The first-order chi connectivity index (χ1) is 55.8. The second-order valence-electron chi connectivity index (χ2n) is 29.7. The van der Waals surface area contributed by atoms with Gasteiger partial charge < -0.3 is 38.3 Å². The molecule has 0 fully saturated rings. The number of esters is 4. The molecule has 0 aliphatic heterocycles. The van der Waals surface area contributed by atoms with E-state index in [2.05, 4.69) is 124 Å². The van der Waals surface area contributed by atoms with Crippen LogP contribution in [0.4, 0.5) is 9.18 Å². The number of hydrogen-bond acceptors (Lipinski definition) is 13. The quantitative estimate of drug-likeness (QED) is 0.0224. The number of rotatable bonds is 22. The molecule has 0 saturated heterocycles. The lowest BCUT2D eigenvalue weighted by Gasteiger charge is -2.21. The molecule has 22 heteroatoms. The van der Waals surface area contributed by atoms with Gasteiger partial charge in [-0.15, -0.1) is 0 Å². The summed E-state index contributed by atoms with van der Waals surface area (Å²) < 4.78 is 49.8. The normalized spacial score (nSPS) is 12.7. The number of alkyl halides is 4. The molecule has 0 saturated carbocycles. The van der Waals surface area contributed by atoms with Crippen molar-refractivity contribution in [1.82, 2.24) is 0 Å². The number of aromatic hydroxyl groups is 1. The highest BCUT2D eigenvalue weighted by atomic mass is 79.9. The number of hydrogen-bond donors (Lipinski definition) is 1. The predicted molar refractivity (Wildman–Crippen MR) is 485 cm³/mol. The third-order valence-corrected chi connectivity index (χ3v) is 26.3. The van der Waals surface area contributed by atoms with Crippen LogP contribution < -0.4 is 28.4 Å². The van der Waals surface area contributed by atoms with E-state index < -0.39 is 46.5 Å². The zero-order valence-electron chi connectivity index (χ0n) is 67.5. The minimum atomic E-state index is -0.761. The van der Waals surface area contributed by atoms with Crippen molar-refractivity contribution in [3.05, 3.63) is 321 Å². The summed E-state index contributed by atoms with van der Waals surface area (Å²) in [6.07, 6.45) is -0.737. The Hall–Kier alpha value is -9.36. The van der Waals surface area contributed by atoms with E-state index in [1.807, 2.05) is 209 Å². The monoisotopic (exact) mass is 1920 g/mol. The highest BCUT2D eigenvalue weighted by Crippen LogP contribution is 2.39. The van der Waals surface area contributed by atoms with Gasteiger partial charge in [0, 0.05) is 6.07 Å². The average Bonchev–Trinajstić information content (AvgIpc) is 0.828. The summed E-state index contributed by atoms with van der Waals surface area (Å²) in [5.41, 5.74) is -0.860. The van der Waals surface area contributed by atoms with Crippen LogP contribution >= 0.6 is 63.7 Å². The summed E-state index contributed by atoms with van der Waals surface area (Å²) in [4.78, 5) is 72.9. The third kappa shape index (κ3) is 29.0. The first-order valence-corrected chi connectivity index (χ1v) is 45.5. The lowest BCUT2D eigenvalue weighted by molar-refractivity contribution is -0.136. The van der Waals surface area contributed by atoms with Gasteiger partial charge in [-0.3, -0.25) is 19.2 Å². The Morgan fingerprint density at radius 1 is 0.305 bits per heavy atom. The van der Waals surface area contributed by atoms with E-state index in [1.54, 1.807) is 130 Å². The minimum absolute atomic E-state index is 0.237. The molecular weight excluding hydrogens is 1830 g/mol. The van der Waals surface area contributed by atoms with Crippen LogP contribution in [-0.2, 0) is 67.5 Å². The van der Waals surface area contributed by atoms with E-state index >= 15 is 0 Å². The smallest absolute Gasteiger partial charge is 0.508 e. The maximum Gasteiger partial charge on any atom is 0.514 e. The first kappa shape index (κ1) is 92.5. The van der Waals surface area contributed by atoms with Gasteiger partial charge in [-0.25, -0.2) is 9.18 Å². The Bertz CT molecular complexity index is 5220. The Labute approximate surface area is 736 Å². The molecule has 12 aromatic rings. The summed E-state index contributed by atoms with van der Waals surface area (Å²) in [7, 11) is -1.47. The van der Waals surface area contributed by atoms with Gasteiger partial charge in [0.15, 0.2) is 58.7 Å². The summed E-state index contributed by atoms with van der Waals surface area (Å²) in [5.74, 6) is 1.91. The molecule has 0 aromatic heterocycles. The van der Waals surface area contributed by atoms with Gasteiger partial charge in [-0.05, 0) is 321 Å². The molecule has 5 atom stereocenters. The average molecular weight is 1920 g/mol. The standard InChI is InChI=1S/C27H28BrO5S.C26H28BrO3S.C22H19BrO3S.C21H17BrFO2S/c1-26(2,3)33-25(30)32-20-13-17-23(18-14-20)34(21-9-7-6-8-10-21)22-15-11-19(12-16-22)31-24(29)27(4,5)28;1-25(2,3)30-20-13-17-23(18-14-20)31(21-9-7-6-8-10-21)22-15-11-19(12-16-22)29-24(28)26(4,5)27;1-22(2,23)21(25)26-17-10-14-20(15-11-17)27(18-6-4-3-5-7-18)19-12-8-16(24)9-13-19;1-15(22)21(24)25-17-10-12-19(13-11-17)26(18-7-3-2-4-8-18)20-9-5-6-16(23)14-20/h6-18H,1-5H3;6-18H,1-5H3;3-15H,1-2H3;2-15H,1H3/q2*+1;;+1/p+1. The largest absolute Gasteiger partial charge is 0.514 e. The molecule has 0 bridgehead atoms. The van der Waals surface area contributed by atoms with Crippen molar-refractivity contribution in [3.63, 3.8) is 0 Å². The Morgan fingerprint density at radius 2 is 0.542 bits per heavy atom. The number of phenols is 1. The van der Waals surface area contributed by atoms with Crippen molar-refractivity contribution in [2.45, 2.75) is 178 Å². The number of carbonyl (C=O) groups excluding carboxylic acids is 5. The van der Waals surface area contributed by atoms with Gasteiger partial charge >= 0.3 is 30.0 Å². The van der Waals surface area contributed by atoms with E-state index in [9.17, 15) is 33.5 Å². The van der Waals surface area contributed by atoms with E-state index in [4.69, 9.17) is 33.2 Å². The molecule has 0 radical (unpaired) electrons. The van der Waals surface area contributed by atoms with Crippen LogP contribution in [-0.4, -0.2) is 64.1 Å². The van der Waals surface area contributed by atoms with Crippen LogP contribution in [0.3, 0.4) is 0 Å². The van der Waals surface area contributed by atoms with Crippen molar-refractivity contribution in [1.29, 1.82) is 0 Å². The number of halogens is 5. The number of phenolic OH excluding ortho intramolecular Hbond substituents is 1. The summed E-state index contributed by atoms with van der Waals surface area (Å²) in [6.45, 7) is 23.7. The molecule has 13 nitrogen and oxygen atoms in total. The Kier molecular flexibility index (Phi) is 33.4. The first-order valence-electron chi connectivity index (χ1n) is 37.4. The Morgan fingerprint density at radius 3 is 0.797 bits per heavy atom. The van der Waals surface area contributed by atoms with Gasteiger partial charge in [0.1, 0.15) is 75.1 Å².